The number of carbonyl (C=O) groups excluding carboxylic acids is 2. The topological polar surface area (TPSA) is 105 Å². The van der Waals surface area contributed by atoms with Gasteiger partial charge in [-0.25, -0.2) is 4.79 Å². The third kappa shape index (κ3) is 5.26. The van der Waals surface area contributed by atoms with Crippen LogP contribution in [0.25, 0.3) is 11.1 Å². The second-order valence-electron chi connectivity index (χ2n) is 7.51. The van der Waals surface area contributed by atoms with Crippen LogP contribution in [0, 0.1) is 0 Å². The van der Waals surface area contributed by atoms with E-state index in [1.807, 2.05) is 36.4 Å². The number of carboxylic acid groups (broad SMARTS) is 1. The van der Waals surface area contributed by atoms with Crippen molar-refractivity contribution < 1.29 is 29.0 Å². The molecule has 0 aliphatic heterocycles. The Bertz CT molecular complexity index is 931. The number of amides is 2. The Morgan fingerprint density at radius 1 is 1.06 bits per heavy atom. The van der Waals surface area contributed by atoms with Gasteiger partial charge in [0.1, 0.15) is 19.3 Å². The lowest BCUT2D eigenvalue weighted by atomic mass is 9.98. The number of aliphatic carboxylic acids is 1. The summed E-state index contributed by atoms with van der Waals surface area (Å²) in [5, 5.41) is 11.6. The Morgan fingerprint density at radius 2 is 1.66 bits per heavy atom. The molecule has 1 atom stereocenters. The Morgan fingerprint density at radius 3 is 2.19 bits per heavy atom. The molecule has 1 aliphatic carbocycles. The van der Waals surface area contributed by atoms with Gasteiger partial charge in [-0.1, -0.05) is 48.5 Å². The van der Waals surface area contributed by atoms with E-state index in [0.29, 0.717) is 0 Å². The first-order valence-electron chi connectivity index (χ1n) is 10.6. The van der Waals surface area contributed by atoms with Crippen molar-refractivity contribution >= 4 is 18.0 Å². The molecule has 0 bridgehead atoms. The third-order valence-corrected chi connectivity index (χ3v) is 5.60. The highest BCUT2D eigenvalue weighted by Crippen LogP contribution is 2.44. The van der Waals surface area contributed by atoms with Crippen molar-refractivity contribution in [2.45, 2.75) is 25.4 Å². The number of nitrogens with zero attached hydrogens (tertiary/aromatic N) is 1. The molecule has 0 aromatic heterocycles. The van der Waals surface area contributed by atoms with Gasteiger partial charge in [-0.2, -0.15) is 0 Å². The zero-order chi connectivity index (χ0) is 23.1. The summed E-state index contributed by atoms with van der Waals surface area (Å²) < 4.78 is 10.7. The quantitative estimate of drug-likeness (QED) is 0.589. The summed E-state index contributed by atoms with van der Waals surface area (Å²) in [4.78, 5) is 36.8. The van der Waals surface area contributed by atoms with Gasteiger partial charge in [-0.05, 0) is 29.2 Å². The van der Waals surface area contributed by atoms with Crippen molar-refractivity contribution in [1.29, 1.82) is 0 Å². The molecule has 8 nitrogen and oxygen atoms in total. The SMILES string of the molecule is CCN(CC(=O)O)C(=O)C(CCNC(=O)OCC1c2ccccc2-c2ccccc21)OC. The van der Waals surface area contributed by atoms with Gasteiger partial charge in [0.15, 0.2) is 0 Å². The van der Waals surface area contributed by atoms with Crippen molar-refractivity contribution in [3.63, 3.8) is 0 Å². The number of ether oxygens (including phenoxy) is 2. The zero-order valence-electron chi connectivity index (χ0n) is 18.2. The predicted octanol–water partition coefficient (Wildman–Crippen LogP) is 2.86. The summed E-state index contributed by atoms with van der Waals surface area (Å²) in [6.07, 6.45) is -1.22. The van der Waals surface area contributed by atoms with Gasteiger partial charge in [0.25, 0.3) is 5.91 Å². The van der Waals surface area contributed by atoms with E-state index in [2.05, 4.69) is 17.4 Å². The van der Waals surface area contributed by atoms with E-state index in [1.165, 1.54) is 12.0 Å². The fourth-order valence-electron chi connectivity index (χ4n) is 4.01. The molecule has 0 saturated carbocycles. The summed E-state index contributed by atoms with van der Waals surface area (Å²) in [6.45, 7) is 1.92. The number of rotatable bonds is 10. The molecule has 1 unspecified atom stereocenters. The normalized spacial score (nSPS) is 13.1. The number of carboxylic acids is 1. The molecule has 32 heavy (non-hydrogen) atoms. The molecule has 3 rings (SSSR count). The maximum Gasteiger partial charge on any atom is 0.407 e. The third-order valence-electron chi connectivity index (χ3n) is 5.60. The van der Waals surface area contributed by atoms with Crippen LogP contribution in [0.5, 0.6) is 0 Å². The maximum atomic E-state index is 12.4. The average Bonchev–Trinajstić information content (AvgIpc) is 3.12. The molecule has 8 heteroatoms. The Hall–Kier alpha value is -3.39. The summed E-state index contributed by atoms with van der Waals surface area (Å²) >= 11 is 0. The molecule has 0 spiro atoms. The molecule has 0 fully saturated rings. The smallest absolute Gasteiger partial charge is 0.407 e. The van der Waals surface area contributed by atoms with Crippen LogP contribution in [0.2, 0.25) is 0 Å². The van der Waals surface area contributed by atoms with Crippen molar-refractivity contribution in [1.82, 2.24) is 10.2 Å². The first-order chi connectivity index (χ1) is 15.5. The van der Waals surface area contributed by atoms with Crippen LogP contribution in [0.1, 0.15) is 30.4 Å². The lowest BCUT2D eigenvalue weighted by Crippen LogP contribution is -2.44. The van der Waals surface area contributed by atoms with Crippen molar-refractivity contribution in [3.8, 4) is 11.1 Å². The summed E-state index contributed by atoms with van der Waals surface area (Å²) in [5.74, 6) is -1.55. The van der Waals surface area contributed by atoms with Crippen LogP contribution in [0.3, 0.4) is 0 Å². The van der Waals surface area contributed by atoms with Crippen molar-refractivity contribution in [2.24, 2.45) is 0 Å². The summed E-state index contributed by atoms with van der Waals surface area (Å²) in [5.41, 5.74) is 4.56. The zero-order valence-corrected chi connectivity index (χ0v) is 18.2. The number of methoxy groups -OCH3 is 1. The largest absolute Gasteiger partial charge is 0.480 e. The van der Waals surface area contributed by atoms with Gasteiger partial charge in [-0.15, -0.1) is 0 Å². The van der Waals surface area contributed by atoms with E-state index >= 15 is 0 Å². The van der Waals surface area contributed by atoms with Crippen LogP contribution in [-0.4, -0.2) is 67.4 Å². The van der Waals surface area contributed by atoms with Gasteiger partial charge in [0.05, 0.1) is 0 Å². The second kappa shape index (κ2) is 10.8. The van der Waals surface area contributed by atoms with Gasteiger partial charge < -0.3 is 24.8 Å². The Labute approximate surface area is 187 Å². The number of likely N-dealkylation sites (N-methyl/N-ethyl adjacent to an activating group) is 1. The predicted molar refractivity (Wildman–Crippen MR) is 118 cm³/mol. The molecule has 2 aromatic carbocycles. The maximum absolute atomic E-state index is 12.4. The molecular weight excluding hydrogens is 412 g/mol. The number of fused-ring (bicyclic) bond motifs is 3. The highest BCUT2D eigenvalue weighted by molar-refractivity contribution is 5.84. The van der Waals surface area contributed by atoms with Gasteiger partial charge in [0.2, 0.25) is 0 Å². The summed E-state index contributed by atoms with van der Waals surface area (Å²) in [7, 11) is 1.38. The first kappa shape index (κ1) is 23.3. The fraction of sp³-hybridized carbons (Fsp3) is 0.375. The number of hydrogen-bond donors (Lipinski definition) is 2. The molecule has 2 N–H and O–H groups in total. The van der Waals surface area contributed by atoms with Gasteiger partial charge >= 0.3 is 12.1 Å². The minimum atomic E-state index is -1.09. The van der Waals surface area contributed by atoms with E-state index in [9.17, 15) is 14.4 Å². The van der Waals surface area contributed by atoms with E-state index < -0.39 is 30.6 Å². The van der Waals surface area contributed by atoms with E-state index in [-0.39, 0.29) is 32.0 Å². The van der Waals surface area contributed by atoms with Crippen molar-refractivity contribution in [3.05, 3.63) is 59.7 Å². The molecular formula is C24H28N2O6. The van der Waals surface area contributed by atoms with Crippen LogP contribution >= 0.6 is 0 Å². The van der Waals surface area contributed by atoms with Crippen LogP contribution in [0.4, 0.5) is 4.79 Å². The van der Waals surface area contributed by atoms with E-state index in [4.69, 9.17) is 14.6 Å². The lowest BCUT2D eigenvalue weighted by Gasteiger charge is -2.24. The van der Waals surface area contributed by atoms with Crippen molar-refractivity contribution in [2.75, 3.05) is 33.4 Å². The minimum Gasteiger partial charge on any atom is -0.480 e. The van der Waals surface area contributed by atoms with Crippen LogP contribution in [-0.2, 0) is 19.1 Å². The second-order valence-corrected chi connectivity index (χ2v) is 7.51. The van der Waals surface area contributed by atoms with E-state index in [0.717, 1.165) is 22.3 Å². The number of benzene rings is 2. The summed E-state index contributed by atoms with van der Waals surface area (Å²) in [6, 6.07) is 16.2. The van der Waals surface area contributed by atoms with Crippen LogP contribution in [0.15, 0.2) is 48.5 Å². The first-order valence-corrected chi connectivity index (χ1v) is 10.6. The Kier molecular flexibility index (Phi) is 7.83. The molecule has 2 aromatic rings. The molecule has 170 valence electrons. The lowest BCUT2D eigenvalue weighted by molar-refractivity contribution is -0.149. The minimum absolute atomic E-state index is 0.0319. The van der Waals surface area contributed by atoms with Crippen LogP contribution < -0.4 is 5.32 Å². The average molecular weight is 440 g/mol. The molecule has 0 radical (unpaired) electrons. The fourth-order valence-corrected chi connectivity index (χ4v) is 4.01. The number of nitrogens with one attached hydrogen (secondary N) is 1. The monoisotopic (exact) mass is 440 g/mol. The van der Waals surface area contributed by atoms with Gasteiger partial charge in [0, 0.05) is 32.5 Å². The molecule has 0 heterocycles. The number of alkyl carbamates (subject to hydrolysis) is 1. The standard InChI is InChI=1S/C24H28N2O6/c1-3-26(14-22(27)28)23(29)21(31-2)12-13-25-24(30)32-15-20-18-10-6-4-8-16(18)17-9-5-7-11-19(17)20/h4-11,20-21H,3,12-15H2,1-2H3,(H,25,30)(H,27,28). The van der Waals surface area contributed by atoms with E-state index in [1.54, 1.807) is 6.92 Å². The number of carbonyl (C=O) groups is 3. The highest BCUT2D eigenvalue weighted by atomic mass is 16.5. The Balaban J connectivity index is 1.51. The molecule has 0 saturated heterocycles. The van der Waals surface area contributed by atoms with Gasteiger partial charge in [-0.3, -0.25) is 9.59 Å². The molecule has 1 aliphatic rings. The molecule has 2 amide bonds. The number of hydrogen-bond acceptors (Lipinski definition) is 5. The highest BCUT2D eigenvalue weighted by Gasteiger charge is 2.29.